The van der Waals surface area contributed by atoms with Crippen LogP contribution in [0.2, 0.25) is 5.02 Å². The van der Waals surface area contributed by atoms with Gasteiger partial charge in [-0.25, -0.2) is 19.6 Å². The molecule has 0 unspecified atom stereocenters. The summed E-state index contributed by atoms with van der Waals surface area (Å²) in [4.78, 5) is 28.8. The van der Waals surface area contributed by atoms with Crippen LogP contribution in [0.4, 0.5) is 22.9 Å². The van der Waals surface area contributed by atoms with E-state index in [-0.39, 0.29) is 11.6 Å². The van der Waals surface area contributed by atoms with Gasteiger partial charge in [0.25, 0.3) is 0 Å². The lowest BCUT2D eigenvalue weighted by Gasteiger charge is -2.08. The van der Waals surface area contributed by atoms with Crippen molar-refractivity contribution < 1.29 is 5.11 Å². The summed E-state index contributed by atoms with van der Waals surface area (Å²) in [5.74, 6) is 0.287. The third kappa shape index (κ3) is 4.11. The highest BCUT2D eigenvalue weighted by molar-refractivity contribution is 6.33. The van der Waals surface area contributed by atoms with E-state index in [1.165, 1.54) is 6.07 Å². The number of aromatic nitrogens is 5. The molecule has 4 N–H and O–H groups in total. The lowest BCUT2D eigenvalue weighted by Crippen LogP contribution is -2.16. The van der Waals surface area contributed by atoms with Crippen LogP contribution in [0.5, 0.6) is 5.88 Å². The van der Waals surface area contributed by atoms with E-state index in [1.807, 2.05) is 30.3 Å². The van der Waals surface area contributed by atoms with E-state index in [0.717, 1.165) is 5.69 Å². The largest absolute Gasteiger partial charge is 0.493 e. The number of para-hydroxylation sites is 1. The summed E-state index contributed by atoms with van der Waals surface area (Å²) in [5, 5.41) is 18.5. The molecule has 34 heavy (non-hydrogen) atoms. The molecule has 0 saturated carbocycles. The van der Waals surface area contributed by atoms with E-state index < -0.39 is 5.69 Å². The van der Waals surface area contributed by atoms with Crippen LogP contribution in [-0.4, -0.2) is 29.7 Å². The van der Waals surface area contributed by atoms with Crippen molar-refractivity contribution in [3.05, 3.63) is 104 Å². The fraction of sp³-hybridized carbons (Fsp3) is 0. The molecule has 0 bridgehead atoms. The molecule has 11 heteroatoms. The van der Waals surface area contributed by atoms with Gasteiger partial charge in [-0.1, -0.05) is 35.9 Å². The van der Waals surface area contributed by atoms with E-state index in [4.69, 9.17) is 18.2 Å². The number of imidazole rings is 1. The van der Waals surface area contributed by atoms with Gasteiger partial charge in [-0.3, -0.25) is 4.98 Å². The molecule has 2 aromatic carbocycles. The molecule has 0 aliphatic carbocycles. The number of benzene rings is 2. The van der Waals surface area contributed by atoms with E-state index in [2.05, 4.69) is 35.2 Å². The van der Waals surface area contributed by atoms with Crippen molar-refractivity contribution >= 4 is 46.2 Å². The zero-order valence-corrected chi connectivity index (χ0v) is 18.1. The summed E-state index contributed by atoms with van der Waals surface area (Å²) in [5.41, 5.74) is 2.11. The minimum atomic E-state index is -0.534. The summed E-state index contributed by atoms with van der Waals surface area (Å²) in [7, 11) is 0. The van der Waals surface area contributed by atoms with Crippen molar-refractivity contribution in [2.24, 2.45) is 4.99 Å². The van der Waals surface area contributed by atoms with Crippen LogP contribution in [0.25, 0.3) is 16.6 Å². The first-order chi connectivity index (χ1) is 16.5. The van der Waals surface area contributed by atoms with E-state index in [9.17, 15) is 9.90 Å². The van der Waals surface area contributed by atoms with Gasteiger partial charge in [0, 0.05) is 17.0 Å². The minimum absolute atomic E-state index is 0.194. The second kappa shape index (κ2) is 8.57. The van der Waals surface area contributed by atoms with Gasteiger partial charge in [-0.2, -0.15) is 9.61 Å². The fourth-order valence-electron chi connectivity index (χ4n) is 3.31. The van der Waals surface area contributed by atoms with Gasteiger partial charge in [0.1, 0.15) is 11.5 Å². The Balaban J connectivity index is 1.73. The third-order valence-electron chi connectivity index (χ3n) is 4.86. The number of nitrogens with one attached hydrogen (secondary N) is 3. The Hall–Kier alpha value is -4.88. The molecular weight excluding hydrogens is 456 g/mol. The molecule has 166 valence electrons. The molecule has 0 fully saturated rings. The average molecular weight is 471 g/mol. The van der Waals surface area contributed by atoms with E-state index >= 15 is 0 Å². The maximum atomic E-state index is 11.5. The maximum Gasteiger partial charge on any atom is 0.326 e. The van der Waals surface area contributed by atoms with Gasteiger partial charge in [-0.15, -0.1) is 0 Å². The highest BCUT2D eigenvalue weighted by Crippen LogP contribution is 2.28. The quantitative estimate of drug-likeness (QED) is 0.300. The highest BCUT2D eigenvalue weighted by atomic mass is 35.5. The number of aromatic amines is 2. The van der Waals surface area contributed by atoms with Crippen molar-refractivity contribution in [3.63, 3.8) is 0 Å². The van der Waals surface area contributed by atoms with Crippen LogP contribution in [0.1, 0.15) is 5.69 Å². The first-order valence-corrected chi connectivity index (χ1v) is 10.3. The molecule has 0 radical (unpaired) electrons. The molecule has 0 spiro atoms. The number of hydrogen-bond acceptors (Lipinski definition) is 6. The topological polar surface area (TPSA) is 128 Å². The Bertz CT molecular complexity index is 1750. The molecule has 0 aliphatic heterocycles. The Morgan fingerprint density at radius 2 is 2.00 bits per heavy atom. The van der Waals surface area contributed by atoms with Crippen molar-refractivity contribution in [3.8, 4) is 5.88 Å². The molecule has 0 saturated heterocycles. The number of nitrogens with zero attached hydrogens (tertiary/aromatic N) is 5. The molecule has 5 rings (SSSR count). The van der Waals surface area contributed by atoms with Gasteiger partial charge in [0.05, 0.1) is 23.5 Å². The number of fused-ring (bicyclic) bond motifs is 1. The molecule has 0 amide bonds. The molecule has 5 aromatic rings. The summed E-state index contributed by atoms with van der Waals surface area (Å²) in [6.45, 7) is 7.13. The van der Waals surface area contributed by atoms with Crippen molar-refractivity contribution in [2.75, 3.05) is 5.32 Å². The molecule has 3 heterocycles. The lowest BCUT2D eigenvalue weighted by molar-refractivity contribution is 0.454. The number of anilines is 2. The predicted octanol–water partition coefficient (Wildman–Crippen LogP) is 3.18. The van der Waals surface area contributed by atoms with Gasteiger partial charge < -0.3 is 15.4 Å². The Kier molecular flexibility index (Phi) is 5.29. The fourth-order valence-corrected chi connectivity index (χ4v) is 3.53. The Labute approximate surface area is 196 Å². The van der Waals surface area contributed by atoms with Gasteiger partial charge in [0.2, 0.25) is 5.88 Å². The van der Waals surface area contributed by atoms with E-state index in [1.54, 1.807) is 35.0 Å². The first kappa shape index (κ1) is 21.0. The number of aromatic hydroxyl groups is 1. The van der Waals surface area contributed by atoms with E-state index in [0.29, 0.717) is 38.6 Å². The number of rotatable bonds is 4. The van der Waals surface area contributed by atoms with Gasteiger partial charge >= 0.3 is 5.69 Å². The Morgan fingerprint density at radius 1 is 1.18 bits per heavy atom. The standard InChI is InChI=1S/C23H15ClN8O2/c1-25-15-7-8-17(16(24)10-15)28-19-11-20(27-14-5-3-2-4-6-14)32-21(30-19)13(12-26-32)9-18-22(33)31-23(34)29-18/h2-12,27,33H,(H2,29,31,34)/b13-9-,28-19?. The van der Waals surface area contributed by atoms with Crippen LogP contribution in [0.3, 0.4) is 0 Å². The Morgan fingerprint density at radius 3 is 2.71 bits per heavy atom. The number of hydrogen-bond donors (Lipinski definition) is 4. The second-order valence-corrected chi connectivity index (χ2v) is 7.58. The van der Waals surface area contributed by atoms with Crippen LogP contribution in [0, 0.1) is 6.57 Å². The lowest BCUT2D eigenvalue weighted by atomic mass is 10.3. The first-order valence-electron chi connectivity index (χ1n) is 9.96. The average Bonchev–Trinajstić information content (AvgIpc) is 3.38. The van der Waals surface area contributed by atoms with Crippen molar-refractivity contribution in [1.82, 2.24) is 24.6 Å². The summed E-state index contributed by atoms with van der Waals surface area (Å²) >= 11 is 6.31. The van der Waals surface area contributed by atoms with Crippen molar-refractivity contribution in [2.45, 2.75) is 0 Å². The predicted molar refractivity (Wildman–Crippen MR) is 128 cm³/mol. The normalized spacial score (nSPS) is 12.2. The van der Waals surface area contributed by atoms with Crippen LogP contribution < -0.4 is 21.7 Å². The smallest absolute Gasteiger partial charge is 0.326 e. The maximum absolute atomic E-state index is 11.5. The van der Waals surface area contributed by atoms with Gasteiger partial charge in [-0.05, 0) is 30.3 Å². The molecule has 3 aromatic heterocycles. The number of H-pyrrole nitrogens is 2. The minimum Gasteiger partial charge on any atom is -0.493 e. The highest BCUT2D eigenvalue weighted by Gasteiger charge is 2.10. The summed E-state index contributed by atoms with van der Waals surface area (Å²) < 4.78 is 1.59. The summed E-state index contributed by atoms with van der Waals surface area (Å²) in [6, 6.07) is 16.1. The SMILES string of the molecule is [C-]#[N+]c1ccc(N=c2cc(Nc3ccccc3)n3nc/c(=C/c4[nH]c(=O)[nH]c4O)c3n2)c(Cl)c1. The molecule has 0 atom stereocenters. The zero-order chi connectivity index (χ0) is 23.7. The monoisotopic (exact) mass is 470 g/mol. The second-order valence-electron chi connectivity index (χ2n) is 7.17. The van der Waals surface area contributed by atoms with Gasteiger partial charge in [0.15, 0.2) is 16.8 Å². The molecule has 0 aliphatic rings. The van der Waals surface area contributed by atoms with Crippen LogP contribution >= 0.6 is 11.6 Å². The van der Waals surface area contributed by atoms with Crippen LogP contribution in [-0.2, 0) is 0 Å². The van der Waals surface area contributed by atoms with Crippen LogP contribution in [0.15, 0.2) is 70.6 Å². The summed E-state index contributed by atoms with van der Waals surface area (Å²) in [6.07, 6.45) is 3.11. The van der Waals surface area contributed by atoms with Crippen molar-refractivity contribution in [1.29, 1.82) is 0 Å². The molecular formula is C23H15ClN8O2. The third-order valence-corrected chi connectivity index (χ3v) is 5.16. The molecule has 10 nitrogen and oxygen atoms in total. The number of halogens is 1. The zero-order valence-electron chi connectivity index (χ0n) is 17.3.